The largest absolute Gasteiger partial charge is 0.331 e. The van der Waals surface area contributed by atoms with Gasteiger partial charge in [-0.15, -0.1) is 11.3 Å². The van der Waals surface area contributed by atoms with Crippen molar-refractivity contribution in [3.05, 3.63) is 48.0 Å². The van der Waals surface area contributed by atoms with Gasteiger partial charge in [-0.1, -0.05) is 23.9 Å². The number of para-hydroxylation sites is 1. The molecule has 2 aliphatic rings. The van der Waals surface area contributed by atoms with Crippen LogP contribution in [0.4, 0.5) is 0 Å². The van der Waals surface area contributed by atoms with Gasteiger partial charge in [0.1, 0.15) is 6.33 Å². The van der Waals surface area contributed by atoms with Crippen molar-refractivity contribution in [2.45, 2.75) is 35.7 Å². The highest BCUT2D eigenvalue weighted by atomic mass is 32.2. The van der Waals surface area contributed by atoms with Crippen molar-refractivity contribution in [1.82, 2.24) is 19.9 Å². The van der Waals surface area contributed by atoms with Gasteiger partial charge in [-0.25, -0.2) is 15.0 Å². The fourth-order valence-corrected chi connectivity index (χ4v) is 5.85. The number of fused-ring (bicyclic) bond motifs is 5. The molecular formula is C18H16N4OS2. The summed E-state index contributed by atoms with van der Waals surface area (Å²) in [6.07, 6.45) is 6.42. The van der Waals surface area contributed by atoms with Crippen molar-refractivity contribution in [1.29, 1.82) is 0 Å². The molecule has 1 saturated heterocycles. The zero-order chi connectivity index (χ0) is 16.8. The summed E-state index contributed by atoms with van der Waals surface area (Å²) >= 11 is 3.20. The minimum atomic E-state index is 0.151. The molecule has 3 aromatic rings. The maximum Gasteiger partial charge on any atom is 0.233 e. The molecule has 0 aliphatic carbocycles. The first-order valence-corrected chi connectivity index (χ1v) is 10.2. The van der Waals surface area contributed by atoms with Crippen molar-refractivity contribution in [2.75, 3.05) is 5.75 Å². The van der Waals surface area contributed by atoms with Gasteiger partial charge in [-0.05, 0) is 25.0 Å². The molecule has 2 bridgehead atoms. The number of rotatable bonds is 3. The van der Waals surface area contributed by atoms with Crippen LogP contribution in [-0.2, 0) is 11.2 Å². The lowest BCUT2D eigenvalue weighted by atomic mass is 9.99. The minimum absolute atomic E-state index is 0.151. The molecule has 5 nitrogen and oxygen atoms in total. The summed E-state index contributed by atoms with van der Waals surface area (Å²) in [6, 6.07) is 8.53. The molecular weight excluding hydrogens is 352 g/mol. The highest BCUT2D eigenvalue weighted by Gasteiger charge is 2.42. The average Bonchev–Trinajstić information content (AvgIpc) is 3.20. The Labute approximate surface area is 153 Å². The van der Waals surface area contributed by atoms with Gasteiger partial charge in [-0.2, -0.15) is 0 Å². The Morgan fingerprint density at radius 1 is 1.32 bits per heavy atom. The topological polar surface area (TPSA) is 59.0 Å². The number of nitrogens with zero attached hydrogens (tertiary/aromatic N) is 4. The van der Waals surface area contributed by atoms with Gasteiger partial charge in [0.05, 0.1) is 27.7 Å². The lowest BCUT2D eigenvalue weighted by Crippen LogP contribution is -2.43. The standard InChI is InChI=1S/C18H16N4OS2/c23-17(9-24-18-21-13-3-1-2-4-16(13)25-18)22-11-5-6-15(22)12-8-19-10-20-14(12)7-11/h1-4,8,10-11,15H,5-7,9H2. The predicted octanol–water partition coefficient (Wildman–Crippen LogP) is 3.47. The first-order valence-electron chi connectivity index (χ1n) is 8.38. The van der Waals surface area contributed by atoms with Crippen LogP contribution in [-0.4, -0.2) is 37.6 Å². The molecule has 2 aromatic heterocycles. The lowest BCUT2D eigenvalue weighted by Gasteiger charge is -2.35. The second-order valence-electron chi connectivity index (χ2n) is 6.41. The van der Waals surface area contributed by atoms with E-state index >= 15 is 0 Å². The molecule has 0 N–H and O–H groups in total. The summed E-state index contributed by atoms with van der Waals surface area (Å²) < 4.78 is 2.13. The number of amides is 1. The Balaban J connectivity index is 1.33. The van der Waals surface area contributed by atoms with Crippen LogP contribution >= 0.6 is 23.1 Å². The van der Waals surface area contributed by atoms with E-state index in [0.29, 0.717) is 5.75 Å². The van der Waals surface area contributed by atoms with E-state index in [1.165, 1.54) is 4.70 Å². The van der Waals surface area contributed by atoms with E-state index in [4.69, 9.17) is 0 Å². The van der Waals surface area contributed by atoms with Crippen LogP contribution in [0, 0.1) is 0 Å². The van der Waals surface area contributed by atoms with Crippen LogP contribution in [0.2, 0.25) is 0 Å². The normalized spacial score (nSPS) is 21.5. The van der Waals surface area contributed by atoms with E-state index in [-0.39, 0.29) is 18.0 Å². The van der Waals surface area contributed by atoms with Crippen molar-refractivity contribution in [2.24, 2.45) is 0 Å². The second-order valence-corrected chi connectivity index (χ2v) is 8.67. The number of thiazole rings is 1. The Kier molecular flexibility index (Phi) is 3.71. The highest BCUT2D eigenvalue weighted by molar-refractivity contribution is 8.01. The average molecular weight is 368 g/mol. The predicted molar refractivity (Wildman–Crippen MR) is 98.7 cm³/mol. The lowest BCUT2D eigenvalue weighted by molar-refractivity contribution is -0.131. The number of thioether (sulfide) groups is 1. The molecule has 0 radical (unpaired) electrons. The fraction of sp³-hybridized carbons (Fsp3) is 0.333. The van der Waals surface area contributed by atoms with E-state index in [1.807, 2.05) is 24.4 Å². The van der Waals surface area contributed by atoms with E-state index in [0.717, 1.165) is 40.4 Å². The van der Waals surface area contributed by atoms with Crippen LogP contribution in [0.5, 0.6) is 0 Å². The van der Waals surface area contributed by atoms with E-state index in [1.54, 1.807) is 29.4 Å². The second kappa shape index (κ2) is 6.07. The molecule has 1 amide bonds. The molecule has 0 spiro atoms. The first kappa shape index (κ1) is 15.3. The molecule has 7 heteroatoms. The zero-order valence-corrected chi connectivity index (χ0v) is 15.1. The van der Waals surface area contributed by atoms with Gasteiger partial charge in [0.15, 0.2) is 4.34 Å². The molecule has 126 valence electrons. The zero-order valence-electron chi connectivity index (χ0n) is 13.5. The van der Waals surface area contributed by atoms with Crippen LogP contribution in [0.15, 0.2) is 41.1 Å². The van der Waals surface area contributed by atoms with Gasteiger partial charge >= 0.3 is 0 Å². The smallest absolute Gasteiger partial charge is 0.233 e. The van der Waals surface area contributed by atoms with Crippen molar-refractivity contribution < 1.29 is 4.79 Å². The van der Waals surface area contributed by atoms with Crippen LogP contribution in [0.25, 0.3) is 10.2 Å². The molecule has 25 heavy (non-hydrogen) atoms. The van der Waals surface area contributed by atoms with Gasteiger partial charge in [0.25, 0.3) is 0 Å². The van der Waals surface area contributed by atoms with E-state index in [2.05, 4.69) is 25.9 Å². The number of hydrogen-bond acceptors (Lipinski definition) is 6. The van der Waals surface area contributed by atoms with E-state index in [9.17, 15) is 4.79 Å². The summed E-state index contributed by atoms with van der Waals surface area (Å²) in [5, 5.41) is 0. The van der Waals surface area contributed by atoms with Gasteiger partial charge in [0, 0.05) is 24.2 Å². The Bertz CT molecular complexity index is 924. The van der Waals surface area contributed by atoms with Gasteiger partial charge < -0.3 is 4.90 Å². The Hall–Kier alpha value is -1.99. The van der Waals surface area contributed by atoms with Gasteiger partial charge in [0.2, 0.25) is 5.91 Å². The quantitative estimate of drug-likeness (QED) is 0.663. The maximum absolute atomic E-state index is 12.9. The van der Waals surface area contributed by atoms with E-state index < -0.39 is 0 Å². The fourth-order valence-electron chi connectivity index (χ4n) is 3.91. The molecule has 0 saturated carbocycles. The molecule has 4 heterocycles. The molecule has 5 rings (SSSR count). The summed E-state index contributed by atoms with van der Waals surface area (Å²) in [6.45, 7) is 0. The number of aromatic nitrogens is 3. The van der Waals surface area contributed by atoms with Gasteiger partial charge in [-0.3, -0.25) is 4.79 Å². The third-order valence-corrected chi connectivity index (χ3v) is 7.16. The highest BCUT2D eigenvalue weighted by Crippen LogP contribution is 2.43. The van der Waals surface area contributed by atoms with Crippen molar-refractivity contribution >= 4 is 39.2 Å². The number of hydrogen-bond donors (Lipinski definition) is 0. The summed E-state index contributed by atoms with van der Waals surface area (Å²) in [5.41, 5.74) is 3.26. The third-order valence-electron chi connectivity index (χ3n) is 5.00. The summed E-state index contributed by atoms with van der Waals surface area (Å²) in [4.78, 5) is 28.2. The molecule has 2 unspecified atom stereocenters. The molecule has 2 aliphatic heterocycles. The number of carbonyl (C=O) groups is 1. The summed E-state index contributed by atoms with van der Waals surface area (Å²) in [7, 11) is 0. The Morgan fingerprint density at radius 2 is 2.24 bits per heavy atom. The first-order chi connectivity index (χ1) is 12.3. The van der Waals surface area contributed by atoms with Crippen molar-refractivity contribution in [3.8, 4) is 0 Å². The molecule has 1 aromatic carbocycles. The monoisotopic (exact) mass is 368 g/mol. The SMILES string of the molecule is O=C(CSc1nc2ccccc2s1)N1C2CCC1c1cncnc1C2. The minimum Gasteiger partial charge on any atom is -0.331 e. The van der Waals surface area contributed by atoms with Crippen LogP contribution in [0.1, 0.15) is 30.1 Å². The number of carbonyl (C=O) groups excluding carboxylic acids is 1. The molecule has 1 fully saturated rings. The number of benzene rings is 1. The van der Waals surface area contributed by atoms with Crippen LogP contribution < -0.4 is 0 Å². The van der Waals surface area contributed by atoms with Crippen molar-refractivity contribution in [3.63, 3.8) is 0 Å². The molecule has 2 atom stereocenters. The Morgan fingerprint density at radius 3 is 3.16 bits per heavy atom. The maximum atomic E-state index is 12.9. The van der Waals surface area contributed by atoms with Crippen LogP contribution in [0.3, 0.4) is 0 Å². The summed E-state index contributed by atoms with van der Waals surface area (Å²) in [5.74, 6) is 0.641. The third kappa shape index (κ3) is 2.62.